The Morgan fingerprint density at radius 3 is 3.04 bits per heavy atom. The van der Waals surface area contributed by atoms with Crippen LogP contribution in [0.3, 0.4) is 0 Å². The van der Waals surface area contributed by atoms with Gasteiger partial charge in [0.1, 0.15) is 5.15 Å². The maximum Gasteiger partial charge on any atom is 0.187 e. The number of aliphatic hydroxyl groups excluding tert-OH is 1. The van der Waals surface area contributed by atoms with Crippen LogP contribution in [-0.4, -0.2) is 35.1 Å². The number of hydrogen-bond donors (Lipinski definition) is 1. The molecule has 0 aromatic carbocycles. The summed E-state index contributed by atoms with van der Waals surface area (Å²) in [6.45, 7) is 3.71. The van der Waals surface area contributed by atoms with Gasteiger partial charge < -0.3 is 9.84 Å². The van der Waals surface area contributed by atoms with Crippen molar-refractivity contribution >= 4 is 29.5 Å². The smallest absolute Gasteiger partial charge is 0.187 e. The summed E-state index contributed by atoms with van der Waals surface area (Å²) in [5.74, 6) is 1.04. The van der Waals surface area contributed by atoms with E-state index in [0.29, 0.717) is 47.3 Å². The standard InChI is InChI=1S/C16H17ClN4O2/c1-11(23-2)5-7-18-10-13-3-4-15(22)21-16(20-13)12-6-8-19-14(17)9-12/h6-10H,1,3-5H2,2H3,(H,20,21,22)/b13-10+,18-7-. The van der Waals surface area contributed by atoms with E-state index in [-0.39, 0.29) is 5.90 Å². The van der Waals surface area contributed by atoms with Crippen LogP contribution in [0.2, 0.25) is 5.15 Å². The lowest BCUT2D eigenvalue weighted by molar-refractivity contribution is 0.290. The van der Waals surface area contributed by atoms with Gasteiger partial charge in [-0.3, -0.25) is 4.99 Å². The van der Waals surface area contributed by atoms with Gasteiger partial charge >= 0.3 is 0 Å². The molecule has 2 heterocycles. The van der Waals surface area contributed by atoms with Crippen molar-refractivity contribution in [2.24, 2.45) is 15.0 Å². The Morgan fingerprint density at radius 1 is 1.48 bits per heavy atom. The van der Waals surface area contributed by atoms with Crippen LogP contribution in [0.5, 0.6) is 0 Å². The average molecular weight is 333 g/mol. The third kappa shape index (κ3) is 5.34. The number of pyridine rings is 1. The van der Waals surface area contributed by atoms with Crippen LogP contribution in [-0.2, 0) is 4.74 Å². The van der Waals surface area contributed by atoms with Crippen LogP contribution in [0.25, 0.3) is 0 Å². The first-order chi connectivity index (χ1) is 11.1. The highest BCUT2D eigenvalue weighted by Crippen LogP contribution is 2.17. The summed E-state index contributed by atoms with van der Waals surface area (Å²) in [6.07, 6.45) is 6.36. The van der Waals surface area contributed by atoms with Crippen LogP contribution in [0, 0.1) is 0 Å². The monoisotopic (exact) mass is 332 g/mol. The van der Waals surface area contributed by atoms with Gasteiger partial charge in [-0.25, -0.2) is 9.98 Å². The second kappa shape index (κ2) is 8.24. The van der Waals surface area contributed by atoms with E-state index in [2.05, 4.69) is 26.5 Å². The van der Waals surface area contributed by atoms with Crippen LogP contribution in [0.4, 0.5) is 0 Å². The zero-order chi connectivity index (χ0) is 16.7. The number of aromatic nitrogens is 1. The maximum absolute atomic E-state index is 9.81. The van der Waals surface area contributed by atoms with E-state index in [1.54, 1.807) is 37.9 Å². The minimum Gasteiger partial charge on any atom is -0.501 e. The van der Waals surface area contributed by atoms with Crippen molar-refractivity contribution in [2.75, 3.05) is 7.11 Å². The predicted molar refractivity (Wildman–Crippen MR) is 92.4 cm³/mol. The fourth-order valence-corrected chi connectivity index (χ4v) is 1.95. The molecule has 0 saturated heterocycles. The van der Waals surface area contributed by atoms with Gasteiger partial charge in [-0.1, -0.05) is 18.2 Å². The Balaban J connectivity index is 2.22. The van der Waals surface area contributed by atoms with Crippen LogP contribution in [0.15, 0.2) is 57.5 Å². The van der Waals surface area contributed by atoms with Crippen molar-refractivity contribution in [1.82, 2.24) is 4.98 Å². The second-order valence-electron chi connectivity index (χ2n) is 4.73. The number of ether oxygens (including phenoxy) is 1. The third-order valence-corrected chi connectivity index (χ3v) is 3.22. The number of hydrogen-bond acceptors (Lipinski definition) is 5. The van der Waals surface area contributed by atoms with E-state index < -0.39 is 0 Å². The summed E-state index contributed by atoms with van der Waals surface area (Å²) < 4.78 is 4.96. The molecule has 120 valence electrons. The Hall–Kier alpha value is -2.47. The molecular formula is C16H17ClN4O2. The minimum atomic E-state index is 0.0248. The quantitative estimate of drug-likeness (QED) is 0.507. The topological polar surface area (TPSA) is 79.4 Å². The number of halogens is 1. The summed E-state index contributed by atoms with van der Waals surface area (Å²) in [6, 6.07) is 3.38. The molecule has 0 amide bonds. The average Bonchev–Trinajstić information content (AvgIpc) is 2.73. The van der Waals surface area contributed by atoms with Crippen LogP contribution >= 0.6 is 11.6 Å². The largest absolute Gasteiger partial charge is 0.501 e. The van der Waals surface area contributed by atoms with Crippen molar-refractivity contribution in [3.63, 3.8) is 0 Å². The highest BCUT2D eigenvalue weighted by molar-refractivity contribution is 6.29. The number of allylic oxidation sites excluding steroid dienone is 2. The van der Waals surface area contributed by atoms with Gasteiger partial charge in [-0.2, -0.15) is 4.99 Å². The number of nitrogens with zero attached hydrogens (tertiary/aromatic N) is 4. The zero-order valence-corrected chi connectivity index (χ0v) is 13.5. The Labute approximate surface area is 139 Å². The van der Waals surface area contributed by atoms with Crippen molar-refractivity contribution in [3.05, 3.63) is 53.3 Å². The van der Waals surface area contributed by atoms with Crippen molar-refractivity contribution in [1.29, 1.82) is 0 Å². The molecule has 0 atom stereocenters. The van der Waals surface area contributed by atoms with E-state index in [1.165, 1.54) is 0 Å². The van der Waals surface area contributed by atoms with E-state index in [1.807, 2.05) is 0 Å². The lowest BCUT2D eigenvalue weighted by Crippen LogP contribution is -2.02. The van der Waals surface area contributed by atoms with Gasteiger partial charge in [0.15, 0.2) is 11.7 Å². The SMILES string of the molecule is C=C(C/C=N\C=C1/CCC(O)=NC(c2ccnc(Cl)c2)=N1)OC. The first-order valence-electron chi connectivity index (χ1n) is 6.98. The molecule has 0 fully saturated rings. The fourth-order valence-electron chi connectivity index (χ4n) is 1.78. The first kappa shape index (κ1) is 16.9. The van der Waals surface area contributed by atoms with Gasteiger partial charge in [0.2, 0.25) is 0 Å². The Bertz CT molecular complexity index is 708. The molecule has 0 saturated carbocycles. The highest BCUT2D eigenvalue weighted by atomic mass is 35.5. The maximum atomic E-state index is 9.81. The fraction of sp³-hybridized carbons (Fsp3) is 0.250. The molecule has 7 heteroatoms. The summed E-state index contributed by atoms with van der Waals surface area (Å²) in [5.41, 5.74) is 1.39. The molecule has 0 radical (unpaired) electrons. The molecule has 1 aromatic heterocycles. The highest BCUT2D eigenvalue weighted by Gasteiger charge is 2.12. The Kier molecular flexibility index (Phi) is 6.05. The second-order valence-corrected chi connectivity index (χ2v) is 5.12. The zero-order valence-electron chi connectivity index (χ0n) is 12.7. The van der Waals surface area contributed by atoms with E-state index in [0.717, 1.165) is 0 Å². The van der Waals surface area contributed by atoms with E-state index >= 15 is 0 Å². The molecule has 1 aromatic rings. The molecule has 1 aliphatic heterocycles. The molecule has 6 nitrogen and oxygen atoms in total. The predicted octanol–water partition coefficient (Wildman–Crippen LogP) is 3.69. The number of methoxy groups -OCH3 is 1. The molecule has 0 spiro atoms. The molecule has 0 bridgehead atoms. The molecule has 0 unspecified atom stereocenters. The number of aliphatic hydroxyl groups is 1. The molecule has 1 N–H and O–H groups in total. The normalized spacial score (nSPS) is 16.9. The molecule has 2 rings (SSSR count). The summed E-state index contributed by atoms with van der Waals surface area (Å²) in [5, 5.41) is 10.1. The summed E-state index contributed by atoms with van der Waals surface area (Å²) in [7, 11) is 1.57. The third-order valence-electron chi connectivity index (χ3n) is 3.01. The van der Waals surface area contributed by atoms with Gasteiger partial charge in [0.25, 0.3) is 0 Å². The van der Waals surface area contributed by atoms with E-state index in [4.69, 9.17) is 16.3 Å². The first-order valence-corrected chi connectivity index (χ1v) is 7.36. The summed E-state index contributed by atoms with van der Waals surface area (Å²) >= 11 is 5.89. The Morgan fingerprint density at radius 2 is 2.30 bits per heavy atom. The van der Waals surface area contributed by atoms with Gasteiger partial charge in [-0.05, 0) is 18.6 Å². The number of rotatable bonds is 5. The van der Waals surface area contributed by atoms with Crippen molar-refractivity contribution < 1.29 is 9.84 Å². The molecule has 1 aliphatic rings. The van der Waals surface area contributed by atoms with Crippen molar-refractivity contribution in [3.8, 4) is 0 Å². The molecular weight excluding hydrogens is 316 g/mol. The summed E-state index contributed by atoms with van der Waals surface area (Å²) in [4.78, 5) is 16.7. The van der Waals surface area contributed by atoms with Crippen LogP contribution < -0.4 is 0 Å². The molecule has 0 aliphatic carbocycles. The number of aliphatic imine (C=N–C) groups is 3. The lowest BCUT2D eigenvalue weighted by atomic mass is 10.2. The van der Waals surface area contributed by atoms with Gasteiger partial charge in [0.05, 0.1) is 18.6 Å². The van der Waals surface area contributed by atoms with Crippen LogP contribution in [0.1, 0.15) is 24.8 Å². The lowest BCUT2D eigenvalue weighted by Gasteiger charge is -2.01. The number of amidine groups is 1. The van der Waals surface area contributed by atoms with Crippen molar-refractivity contribution in [2.45, 2.75) is 19.3 Å². The van der Waals surface area contributed by atoms with Gasteiger partial charge in [0, 0.05) is 37.0 Å². The minimum absolute atomic E-state index is 0.0248. The van der Waals surface area contributed by atoms with E-state index in [9.17, 15) is 5.11 Å². The molecule has 23 heavy (non-hydrogen) atoms. The van der Waals surface area contributed by atoms with Gasteiger partial charge in [-0.15, -0.1) is 0 Å².